The Morgan fingerprint density at radius 1 is 1.34 bits per heavy atom. The van der Waals surface area contributed by atoms with Crippen molar-refractivity contribution in [3.05, 3.63) is 41.6 Å². The Bertz CT molecular complexity index is 920. The molecule has 2 saturated heterocycles. The van der Waals surface area contributed by atoms with Gasteiger partial charge in [-0.25, -0.2) is 14.8 Å². The van der Waals surface area contributed by atoms with Crippen LogP contribution in [0, 0.1) is 19.3 Å². The summed E-state index contributed by atoms with van der Waals surface area (Å²) in [6, 6.07) is 6.42. The fourth-order valence-corrected chi connectivity index (χ4v) is 3.98. The Kier molecular flexibility index (Phi) is 7.40. The third-order valence-electron chi connectivity index (χ3n) is 5.53. The monoisotopic (exact) mass is 457 g/mol. The fourth-order valence-electron chi connectivity index (χ4n) is 3.98. The number of hydrogen-bond donors (Lipinski definition) is 1. The number of hydrogen-bond acceptors (Lipinski definition) is 7. The van der Waals surface area contributed by atoms with E-state index in [1.165, 1.54) is 0 Å². The second kappa shape index (κ2) is 9.86. The molecule has 0 bridgehead atoms. The third-order valence-corrected chi connectivity index (χ3v) is 5.53. The van der Waals surface area contributed by atoms with Crippen LogP contribution in [0.1, 0.15) is 30.1 Å². The van der Waals surface area contributed by atoms with Crippen LogP contribution in [-0.4, -0.2) is 64.5 Å². The lowest BCUT2D eigenvalue weighted by Crippen LogP contribution is -2.52. The Morgan fingerprint density at radius 2 is 2.09 bits per heavy atom. The van der Waals surface area contributed by atoms with Gasteiger partial charge >= 0.3 is 18.2 Å². The predicted octanol–water partition coefficient (Wildman–Crippen LogP) is 3.38. The molecule has 4 rings (SSSR count). The number of fused-ring (bicyclic) bond motifs is 1. The number of furan rings is 1. The van der Waals surface area contributed by atoms with Crippen molar-refractivity contribution in [3.8, 4) is 6.01 Å². The molecular weight excluding hydrogens is 431 g/mol. The maximum absolute atomic E-state index is 10.6. The van der Waals surface area contributed by atoms with Crippen molar-refractivity contribution in [1.29, 1.82) is 0 Å². The number of carbonyl (C=O) groups is 1. The van der Waals surface area contributed by atoms with Crippen LogP contribution < -0.4 is 4.74 Å². The molecule has 2 aliphatic rings. The van der Waals surface area contributed by atoms with Crippen LogP contribution in [0.3, 0.4) is 0 Å². The predicted molar refractivity (Wildman–Crippen MR) is 106 cm³/mol. The maximum atomic E-state index is 10.6. The summed E-state index contributed by atoms with van der Waals surface area (Å²) in [5.74, 6) is -0.774. The van der Waals surface area contributed by atoms with E-state index in [-0.39, 0.29) is 11.5 Å². The molecule has 0 spiro atoms. The largest absolute Gasteiger partial charge is 0.490 e. The van der Waals surface area contributed by atoms with E-state index in [4.69, 9.17) is 23.8 Å². The number of likely N-dealkylation sites (tertiary alicyclic amines) is 1. The number of halogens is 3. The molecule has 11 heteroatoms. The van der Waals surface area contributed by atoms with Crippen molar-refractivity contribution < 1.29 is 37.0 Å². The topological polar surface area (TPSA) is 97.9 Å². The minimum absolute atomic E-state index is 0.00694. The van der Waals surface area contributed by atoms with Crippen LogP contribution in [0.15, 0.2) is 28.8 Å². The van der Waals surface area contributed by atoms with E-state index < -0.39 is 12.1 Å². The molecule has 4 heterocycles. The molecule has 2 aliphatic heterocycles. The Morgan fingerprint density at radius 3 is 2.72 bits per heavy atom. The smallest absolute Gasteiger partial charge is 0.475 e. The van der Waals surface area contributed by atoms with Crippen molar-refractivity contribution in [3.63, 3.8) is 0 Å². The van der Waals surface area contributed by atoms with Gasteiger partial charge in [-0.3, -0.25) is 4.90 Å². The molecule has 2 aromatic rings. The first kappa shape index (κ1) is 24.0. The summed E-state index contributed by atoms with van der Waals surface area (Å²) in [6.07, 6.45) is -1.05. The lowest BCUT2D eigenvalue weighted by Gasteiger charge is -2.42. The number of nitrogens with zero attached hydrogens (tertiary/aromatic N) is 3. The minimum atomic E-state index is -5.08. The van der Waals surface area contributed by atoms with Gasteiger partial charge < -0.3 is 19.0 Å². The second-order valence-electron chi connectivity index (χ2n) is 8.06. The first-order valence-corrected chi connectivity index (χ1v) is 10.2. The summed E-state index contributed by atoms with van der Waals surface area (Å²) >= 11 is 0. The Hall–Kier alpha value is -2.66. The number of rotatable bonds is 5. The first-order chi connectivity index (χ1) is 15.1. The summed E-state index contributed by atoms with van der Waals surface area (Å²) in [6.45, 7) is 8.13. The van der Waals surface area contributed by atoms with Crippen molar-refractivity contribution in [2.75, 3.05) is 26.3 Å². The molecular formula is C21H26F3N3O5. The molecule has 32 heavy (non-hydrogen) atoms. The van der Waals surface area contributed by atoms with Crippen molar-refractivity contribution in [2.45, 2.75) is 45.5 Å². The number of carboxylic acids is 1. The quantitative estimate of drug-likeness (QED) is 0.730. The van der Waals surface area contributed by atoms with Gasteiger partial charge in [-0.2, -0.15) is 13.2 Å². The number of carboxylic acid groups (broad SMARTS) is 1. The van der Waals surface area contributed by atoms with E-state index in [9.17, 15) is 13.2 Å². The van der Waals surface area contributed by atoms with E-state index in [0.717, 1.165) is 56.3 Å². The van der Waals surface area contributed by atoms with Crippen LogP contribution in [-0.2, 0) is 16.1 Å². The molecule has 0 aromatic carbocycles. The standard InChI is InChI=1S/C19H25N3O3.C2HF3O2/c1-14-5-8-20-18(21-14)24-13-19-7-10-23-17(19)6-9-22(12-19)11-16-4-3-15(2)25-16;3-2(4,5)1(6)7/h3-5,8,17H,6-7,9-13H2,1-2H3;(H,6,7)/t17-,19+;/m1./s1. The molecule has 0 saturated carbocycles. The van der Waals surface area contributed by atoms with E-state index in [1.54, 1.807) is 6.20 Å². The molecule has 0 unspecified atom stereocenters. The van der Waals surface area contributed by atoms with E-state index in [0.29, 0.717) is 12.6 Å². The average Bonchev–Trinajstić information content (AvgIpc) is 3.32. The maximum Gasteiger partial charge on any atom is 0.490 e. The van der Waals surface area contributed by atoms with Gasteiger partial charge in [-0.1, -0.05) is 0 Å². The number of alkyl halides is 3. The zero-order valence-corrected chi connectivity index (χ0v) is 17.9. The Balaban J connectivity index is 0.000000360. The highest BCUT2D eigenvalue weighted by molar-refractivity contribution is 5.73. The van der Waals surface area contributed by atoms with E-state index in [2.05, 4.69) is 20.9 Å². The van der Waals surface area contributed by atoms with Gasteiger partial charge in [0.2, 0.25) is 0 Å². The zero-order chi connectivity index (χ0) is 23.4. The van der Waals surface area contributed by atoms with Gasteiger partial charge in [0.1, 0.15) is 18.1 Å². The van der Waals surface area contributed by atoms with E-state index in [1.807, 2.05) is 26.0 Å². The number of aliphatic carboxylic acids is 1. The third kappa shape index (κ3) is 6.19. The molecule has 2 aromatic heterocycles. The molecule has 2 fully saturated rings. The number of piperidine rings is 1. The van der Waals surface area contributed by atoms with E-state index >= 15 is 0 Å². The van der Waals surface area contributed by atoms with Gasteiger partial charge in [0, 0.05) is 37.0 Å². The van der Waals surface area contributed by atoms with Crippen LogP contribution in [0.25, 0.3) is 0 Å². The second-order valence-corrected chi connectivity index (χ2v) is 8.06. The van der Waals surface area contributed by atoms with Crippen LogP contribution in [0.5, 0.6) is 6.01 Å². The molecule has 176 valence electrons. The highest BCUT2D eigenvalue weighted by Crippen LogP contribution is 2.41. The number of aromatic nitrogens is 2. The molecule has 0 amide bonds. The van der Waals surface area contributed by atoms with Crippen molar-refractivity contribution in [1.82, 2.24) is 14.9 Å². The summed E-state index contributed by atoms with van der Waals surface area (Å²) in [5.41, 5.74) is 0.924. The summed E-state index contributed by atoms with van der Waals surface area (Å²) in [7, 11) is 0. The van der Waals surface area contributed by atoms with Gasteiger partial charge in [-0.15, -0.1) is 0 Å². The van der Waals surface area contributed by atoms with Gasteiger partial charge in [0.25, 0.3) is 0 Å². The Labute approximate surface area is 183 Å². The normalized spacial score (nSPS) is 23.2. The minimum Gasteiger partial charge on any atom is -0.475 e. The van der Waals surface area contributed by atoms with Gasteiger partial charge in [0.15, 0.2) is 0 Å². The summed E-state index contributed by atoms with van der Waals surface area (Å²) in [5, 5.41) is 7.12. The van der Waals surface area contributed by atoms with Crippen LogP contribution in [0.2, 0.25) is 0 Å². The van der Waals surface area contributed by atoms with Crippen molar-refractivity contribution >= 4 is 5.97 Å². The average molecular weight is 457 g/mol. The summed E-state index contributed by atoms with van der Waals surface area (Å²) in [4.78, 5) is 19.9. The molecule has 0 radical (unpaired) electrons. The highest BCUT2D eigenvalue weighted by atomic mass is 19.4. The van der Waals surface area contributed by atoms with Gasteiger partial charge in [-0.05, 0) is 44.9 Å². The fraction of sp³-hybridized carbons (Fsp3) is 0.571. The lowest BCUT2D eigenvalue weighted by molar-refractivity contribution is -0.192. The first-order valence-electron chi connectivity index (χ1n) is 10.2. The molecule has 1 N–H and O–H groups in total. The molecule has 8 nitrogen and oxygen atoms in total. The van der Waals surface area contributed by atoms with Crippen LogP contribution >= 0.6 is 0 Å². The lowest BCUT2D eigenvalue weighted by atomic mass is 9.77. The number of ether oxygens (including phenoxy) is 2. The van der Waals surface area contributed by atoms with Gasteiger partial charge in [0.05, 0.1) is 12.6 Å². The SMILES string of the molecule is Cc1ccnc(OC[C@@]23CCO[C@@H]2CCN(Cc2ccc(C)o2)C3)n1.O=C(O)C(F)(F)F. The van der Waals surface area contributed by atoms with Crippen LogP contribution in [0.4, 0.5) is 13.2 Å². The van der Waals surface area contributed by atoms with Crippen molar-refractivity contribution in [2.24, 2.45) is 5.41 Å². The number of aryl methyl sites for hydroxylation is 2. The molecule has 0 aliphatic carbocycles. The summed E-state index contributed by atoms with van der Waals surface area (Å²) < 4.78 is 49.5. The molecule has 2 atom stereocenters. The highest BCUT2D eigenvalue weighted by Gasteiger charge is 2.48. The zero-order valence-electron chi connectivity index (χ0n) is 17.9.